The van der Waals surface area contributed by atoms with E-state index in [0.29, 0.717) is 16.9 Å². The first-order chi connectivity index (χ1) is 8.66. The molecule has 0 spiro atoms. The highest BCUT2D eigenvalue weighted by Gasteiger charge is 2.28. The van der Waals surface area contributed by atoms with Gasteiger partial charge in [-0.25, -0.2) is 0 Å². The quantitative estimate of drug-likeness (QED) is 0.888. The van der Waals surface area contributed by atoms with Gasteiger partial charge >= 0.3 is 5.97 Å². The number of hydrogen-bond donors (Lipinski definition) is 1. The highest BCUT2D eigenvalue weighted by atomic mass is 32.2. The van der Waals surface area contributed by atoms with Crippen molar-refractivity contribution < 1.29 is 14.4 Å². The van der Waals surface area contributed by atoms with Crippen LogP contribution in [-0.2, 0) is 10.5 Å². The molecule has 1 aliphatic rings. The molecule has 1 aromatic heterocycles. The first-order valence-electron chi connectivity index (χ1n) is 5.52. The van der Waals surface area contributed by atoms with Gasteiger partial charge in [-0.3, -0.25) is 4.79 Å². The number of rotatable bonds is 5. The summed E-state index contributed by atoms with van der Waals surface area (Å²) < 4.78 is 5.15. The van der Waals surface area contributed by atoms with Crippen LogP contribution in [-0.4, -0.2) is 43.7 Å². The highest BCUT2D eigenvalue weighted by Crippen LogP contribution is 2.41. The zero-order valence-corrected chi connectivity index (χ0v) is 12.3. The molecule has 2 heterocycles. The number of carboxylic acid groups (broad SMARTS) is 1. The lowest BCUT2D eigenvalue weighted by Crippen LogP contribution is -2.16. The number of carbonyl (C=O) groups is 1. The number of carboxylic acids is 1. The third-order valence-corrected chi connectivity index (χ3v) is 6.37. The Morgan fingerprint density at radius 1 is 1.56 bits per heavy atom. The third kappa shape index (κ3) is 3.83. The zero-order chi connectivity index (χ0) is 13.0. The van der Waals surface area contributed by atoms with Crippen molar-refractivity contribution >= 4 is 41.3 Å². The number of thioether (sulfide) groups is 3. The maximum atomic E-state index is 10.4. The summed E-state index contributed by atoms with van der Waals surface area (Å²) in [5.74, 6) is 3.22. The van der Waals surface area contributed by atoms with Crippen molar-refractivity contribution in [2.45, 2.75) is 23.2 Å². The van der Waals surface area contributed by atoms with Crippen LogP contribution in [0.1, 0.15) is 23.9 Å². The predicted molar refractivity (Wildman–Crippen MR) is 75.2 cm³/mol. The van der Waals surface area contributed by atoms with Crippen LogP contribution in [0.3, 0.4) is 0 Å². The average molecular weight is 306 g/mol. The molecule has 5 nitrogen and oxygen atoms in total. The van der Waals surface area contributed by atoms with E-state index in [2.05, 4.69) is 17.1 Å². The Hall–Kier alpha value is -0.340. The lowest BCUT2D eigenvalue weighted by molar-refractivity contribution is -0.133. The smallest absolute Gasteiger partial charge is 0.313 e. The molecule has 1 aliphatic heterocycles. The van der Waals surface area contributed by atoms with E-state index in [-0.39, 0.29) is 11.0 Å². The molecule has 2 atom stereocenters. The fourth-order valence-electron chi connectivity index (χ4n) is 1.58. The molecule has 2 rings (SSSR count). The van der Waals surface area contributed by atoms with Gasteiger partial charge in [-0.1, -0.05) is 12.1 Å². The second-order valence-corrected chi connectivity index (χ2v) is 7.52. The van der Waals surface area contributed by atoms with E-state index in [1.165, 1.54) is 17.5 Å². The fourth-order valence-corrected chi connectivity index (χ4v) is 4.83. The van der Waals surface area contributed by atoms with Gasteiger partial charge < -0.3 is 9.63 Å². The predicted octanol–water partition coefficient (Wildman–Crippen LogP) is 2.30. The molecule has 1 saturated heterocycles. The normalized spacial score (nSPS) is 24.1. The Morgan fingerprint density at radius 2 is 2.33 bits per heavy atom. The molecule has 0 amide bonds. The minimum atomic E-state index is -0.826. The Balaban J connectivity index is 1.90. The molecule has 0 aromatic carbocycles. The standard InChI is InChI=1S/C10H14N2O3S3/c1-6-9(18-3-2-17-6)10-11-7(15-12-10)4-16-5-8(13)14/h6,9H,2-5H2,1H3,(H,13,14). The molecule has 1 N–H and O–H groups in total. The van der Waals surface area contributed by atoms with E-state index >= 15 is 0 Å². The van der Waals surface area contributed by atoms with Gasteiger partial charge in [0.15, 0.2) is 5.82 Å². The summed E-state index contributed by atoms with van der Waals surface area (Å²) in [4.78, 5) is 14.7. The van der Waals surface area contributed by atoms with Crippen LogP contribution in [0.2, 0.25) is 0 Å². The van der Waals surface area contributed by atoms with Gasteiger partial charge in [-0.15, -0.1) is 23.5 Å². The van der Waals surface area contributed by atoms with Gasteiger partial charge in [-0.05, 0) is 0 Å². The summed E-state index contributed by atoms with van der Waals surface area (Å²) in [6.07, 6.45) is 0. The molecule has 0 saturated carbocycles. The first-order valence-corrected chi connectivity index (χ1v) is 8.77. The van der Waals surface area contributed by atoms with E-state index in [1.54, 1.807) is 0 Å². The molecule has 1 aromatic rings. The maximum absolute atomic E-state index is 10.4. The fraction of sp³-hybridized carbons (Fsp3) is 0.700. The summed E-state index contributed by atoms with van der Waals surface area (Å²) in [7, 11) is 0. The van der Waals surface area contributed by atoms with Crippen LogP contribution in [0.5, 0.6) is 0 Å². The van der Waals surface area contributed by atoms with Gasteiger partial charge in [0.25, 0.3) is 0 Å². The third-order valence-electron chi connectivity index (χ3n) is 2.38. The van der Waals surface area contributed by atoms with E-state index < -0.39 is 5.97 Å². The summed E-state index contributed by atoms with van der Waals surface area (Å²) >= 11 is 5.05. The Labute approximate surface area is 118 Å². The Morgan fingerprint density at radius 3 is 3.06 bits per heavy atom. The number of aliphatic carboxylic acids is 1. The van der Waals surface area contributed by atoms with Crippen molar-refractivity contribution in [2.24, 2.45) is 0 Å². The van der Waals surface area contributed by atoms with Crippen molar-refractivity contribution in [1.29, 1.82) is 0 Å². The summed E-state index contributed by atoms with van der Waals surface area (Å²) in [5, 5.41) is 13.3. The minimum absolute atomic E-state index is 0.0577. The molecular formula is C10H14N2O3S3. The van der Waals surface area contributed by atoms with Crippen LogP contribution in [0.4, 0.5) is 0 Å². The summed E-state index contributed by atoms with van der Waals surface area (Å²) in [6.45, 7) is 2.18. The van der Waals surface area contributed by atoms with E-state index in [9.17, 15) is 4.79 Å². The molecule has 18 heavy (non-hydrogen) atoms. The van der Waals surface area contributed by atoms with Gasteiger partial charge in [0.2, 0.25) is 5.89 Å². The molecule has 100 valence electrons. The van der Waals surface area contributed by atoms with Crippen molar-refractivity contribution in [3.63, 3.8) is 0 Å². The Bertz CT molecular complexity index is 413. The molecule has 1 fully saturated rings. The van der Waals surface area contributed by atoms with Gasteiger partial charge in [-0.2, -0.15) is 16.7 Å². The Kier molecular flexibility index (Phi) is 5.25. The van der Waals surface area contributed by atoms with Gasteiger partial charge in [0, 0.05) is 16.8 Å². The van der Waals surface area contributed by atoms with Crippen LogP contribution in [0.25, 0.3) is 0 Å². The van der Waals surface area contributed by atoms with E-state index in [0.717, 1.165) is 11.6 Å². The van der Waals surface area contributed by atoms with Gasteiger partial charge in [0.05, 0.1) is 16.8 Å². The largest absolute Gasteiger partial charge is 0.481 e. The molecule has 0 radical (unpaired) electrons. The van der Waals surface area contributed by atoms with Gasteiger partial charge in [0.1, 0.15) is 0 Å². The van der Waals surface area contributed by atoms with Crippen LogP contribution in [0.15, 0.2) is 4.52 Å². The van der Waals surface area contributed by atoms with E-state index in [1.807, 2.05) is 23.5 Å². The van der Waals surface area contributed by atoms with Crippen LogP contribution < -0.4 is 0 Å². The number of hydrogen-bond acceptors (Lipinski definition) is 7. The van der Waals surface area contributed by atoms with Crippen molar-refractivity contribution in [3.8, 4) is 0 Å². The summed E-state index contributed by atoms with van der Waals surface area (Å²) in [5.41, 5.74) is 0. The van der Waals surface area contributed by atoms with Crippen LogP contribution in [0, 0.1) is 0 Å². The summed E-state index contributed by atoms with van der Waals surface area (Å²) in [6, 6.07) is 0. The molecule has 0 aliphatic carbocycles. The highest BCUT2D eigenvalue weighted by molar-refractivity contribution is 8.06. The average Bonchev–Trinajstić information content (AvgIpc) is 2.78. The number of nitrogens with zero attached hydrogens (tertiary/aromatic N) is 2. The zero-order valence-electron chi connectivity index (χ0n) is 9.87. The minimum Gasteiger partial charge on any atom is -0.481 e. The van der Waals surface area contributed by atoms with Crippen LogP contribution >= 0.6 is 35.3 Å². The van der Waals surface area contributed by atoms with Crippen molar-refractivity contribution in [1.82, 2.24) is 10.1 Å². The lowest BCUT2D eigenvalue weighted by Gasteiger charge is -2.24. The second-order valence-electron chi connectivity index (χ2n) is 3.80. The van der Waals surface area contributed by atoms with E-state index in [4.69, 9.17) is 9.63 Å². The first kappa shape index (κ1) is 14.1. The molecule has 0 bridgehead atoms. The second kappa shape index (κ2) is 6.72. The van der Waals surface area contributed by atoms with Crippen molar-refractivity contribution in [2.75, 3.05) is 17.3 Å². The SMILES string of the molecule is CC1SCCSC1c1noc(CSCC(=O)O)n1. The number of aromatic nitrogens is 2. The molecular weight excluding hydrogens is 292 g/mol. The van der Waals surface area contributed by atoms with Crippen molar-refractivity contribution in [3.05, 3.63) is 11.7 Å². The maximum Gasteiger partial charge on any atom is 0.313 e. The topological polar surface area (TPSA) is 76.2 Å². The monoisotopic (exact) mass is 306 g/mol. The molecule has 2 unspecified atom stereocenters. The molecule has 8 heteroatoms. The lowest BCUT2D eigenvalue weighted by atomic mass is 10.3.